The molecule has 21 heavy (non-hydrogen) atoms. The molecule has 0 fully saturated rings. The SMILES string of the molecule is NC(Cc1cccc(Br)c1)c1cnn(-c2ccccc2)n1. The van der Waals surface area contributed by atoms with Gasteiger partial charge >= 0.3 is 0 Å². The first-order valence-electron chi connectivity index (χ1n) is 6.70. The number of hydrogen-bond acceptors (Lipinski definition) is 3. The van der Waals surface area contributed by atoms with Crippen LogP contribution in [0.2, 0.25) is 0 Å². The predicted octanol–water partition coefficient (Wildman–Crippen LogP) is 3.27. The second kappa shape index (κ2) is 6.20. The maximum atomic E-state index is 6.24. The molecule has 0 amide bonds. The molecule has 0 saturated heterocycles. The van der Waals surface area contributed by atoms with E-state index in [2.05, 4.69) is 38.3 Å². The summed E-state index contributed by atoms with van der Waals surface area (Å²) in [6.07, 6.45) is 2.46. The van der Waals surface area contributed by atoms with Gasteiger partial charge in [-0.25, -0.2) is 0 Å². The largest absolute Gasteiger partial charge is 0.322 e. The van der Waals surface area contributed by atoms with E-state index >= 15 is 0 Å². The zero-order valence-electron chi connectivity index (χ0n) is 11.4. The maximum Gasteiger partial charge on any atom is 0.100 e. The van der Waals surface area contributed by atoms with Crippen LogP contribution in [0.1, 0.15) is 17.3 Å². The van der Waals surface area contributed by atoms with Crippen molar-refractivity contribution in [3.8, 4) is 5.69 Å². The van der Waals surface area contributed by atoms with E-state index < -0.39 is 0 Å². The fourth-order valence-corrected chi connectivity index (χ4v) is 2.60. The lowest BCUT2D eigenvalue weighted by atomic mass is 10.1. The first-order chi connectivity index (χ1) is 10.2. The molecule has 0 aliphatic heterocycles. The van der Waals surface area contributed by atoms with Crippen molar-refractivity contribution in [1.82, 2.24) is 15.0 Å². The van der Waals surface area contributed by atoms with Gasteiger partial charge < -0.3 is 5.73 Å². The van der Waals surface area contributed by atoms with Gasteiger partial charge in [-0.2, -0.15) is 15.0 Å². The van der Waals surface area contributed by atoms with E-state index in [1.165, 1.54) is 5.56 Å². The smallest absolute Gasteiger partial charge is 0.100 e. The van der Waals surface area contributed by atoms with Crippen LogP contribution in [0.25, 0.3) is 5.69 Å². The molecule has 3 rings (SSSR count). The van der Waals surface area contributed by atoms with E-state index in [9.17, 15) is 0 Å². The molecular formula is C16H15BrN4. The summed E-state index contributed by atoms with van der Waals surface area (Å²) in [7, 11) is 0. The third-order valence-corrected chi connectivity index (χ3v) is 3.71. The van der Waals surface area contributed by atoms with Crippen molar-refractivity contribution in [2.75, 3.05) is 0 Å². The van der Waals surface area contributed by atoms with Crippen molar-refractivity contribution in [2.45, 2.75) is 12.5 Å². The van der Waals surface area contributed by atoms with Gasteiger partial charge in [-0.3, -0.25) is 0 Å². The van der Waals surface area contributed by atoms with Gasteiger partial charge in [0.15, 0.2) is 0 Å². The molecule has 2 N–H and O–H groups in total. The lowest BCUT2D eigenvalue weighted by Crippen LogP contribution is -2.14. The van der Waals surface area contributed by atoms with Crippen LogP contribution in [-0.4, -0.2) is 15.0 Å². The monoisotopic (exact) mass is 342 g/mol. The molecule has 0 aliphatic rings. The highest BCUT2D eigenvalue weighted by atomic mass is 79.9. The predicted molar refractivity (Wildman–Crippen MR) is 86.1 cm³/mol. The Labute approximate surface area is 131 Å². The molecule has 0 saturated carbocycles. The second-order valence-corrected chi connectivity index (χ2v) is 5.75. The number of nitrogens with zero attached hydrogens (tertiary/aromatic N) is 3. The topological polar surface area (TPSA) is 56.7 Å². The summed E-state index contributed by atoms with van der Waals surface area (Å²) >= 11 is 3.47. The molecular weight excluding hydrogens is 328 g/mol. The summed E-state index contributed by atoms with van der Waals surface area (Å²) in [4.78, 5) is 1.61. The number of para-hydroxylation sites is 1. The van der Waals surface area contributed by atoms with Gasteiger partial charge in [0.2, 0.25) is 0 Å². The summed E-state index contributed by atoms with van der Waals surface area (Å²) in [5, 5.41) is 8.75. The minimum atomic E-state index is -0.170. The van der Waals surface area contributed by atoms with Gasteiger partial charge in [-0.05, 0) is 36.2 Å². The quantitative estimate of drug-likeness (QED) is 0.791. The molecule has 4 nitrogen and oxygen atoms in total. The first-order valence-corrected chi connectivity index (χ1v) is 7.49. The normalized spacial score (nSPS) is 12.3. The fraction of sp³-hybridized carbons (Fsp3) is 0.125. The molecule has 0 radical (unpaired) electrons. The van der Waals surface area contributed by atoms with E-state index in [1.54, 1.807) is 11.0 Å². The maximum absolute atomic E-state index is 6.24. The highest BCUT2D eigenvalue weighted by Crippen LogP contribution is 2.18. The van der Waals surface area contributed by atoms with Gasteiger partial charge in [-0.15, -0.1) is 0 Å². The first kappa shape index (κ1) is 14.0. The van der Waals surface area contributed by atoms with Crippen molar-refractivity contribution in [1.29, 1.82) is 0 Å². The Morgan fingerprint density at radius 3 is 2.67 bits per heavy atom. The zero-order chi connectivity index (χ0) is 14.7. The second-order valence-electron chi connectivity index (χ2n) is 4.83. The Kier molecular flexibility index (Phi) is 4.13. The fourth-order valence-electron chi connectivity index (χ4n) is 2.15. The standard InChI is InChI=1S/C16H15BrN4/c17-13-6-4-5-12(9-13)10-15(18)16-11-19-21(20-16)14-7-2-1-3-8-14/h1-9,11,15H,10,18H2. The Bertz CT molecular complexity index is 724. The molecule has 106 valence electrons. The van der Waals surface area contributed by atoms with Crippen LogP contribution in [0.4, 0.5) is 0 Å². The van der Waals surface area contributed by atoms with Gasteiger partial charge in [0.1, 0.15) is 5.69 Å². The van der Waals surface area contributed by atoms with Gasteiger partial charge in [0.25, 0.3) is 0 Å². The highest BCUT2D eigenvalue weighted by molar-refractivity contribution is 9.10. The van der Waals surface area contributed by atoms with E-state index in [4.69, 9.17) is 5.73 Å². The molecule has 3 aromatic rings. The van der Waals surface area contributed by atoms with Crippen molar-refractivity contribution in [3.05, 3.63) is 76.5 Å². The van der Waals surface area contributed by atoms with E-state index in [1.807, 2.05) is 42.5 Å². The van der Waals surface area contributed by atoms with E-state index in [0.717, 1.165) is 22.3 Å². The Balaban J connectivity index is 1.77. The number of halogens is 1. The van der Waals surface area contributed by atoms with Crippen molar-refractivity contribution < 1.29 is 0 Å². The zero-order valence-corrected chi connectivity index (χ0v) is 12.9. The molecule has 0 bridgehead atoms. The van der Waals surface area contributed by atoms with Crippen LogP contribution in [0.3, 0.4) is 0 Å². The Morgan fingerprint density at radius 2 is 1.90 bits per heavy atom. The Hall–Kier alpha value is -1.98. The van der Waals surface area contributed by atoms with Gasteiger partial charge in [-0.1, -0.05) is 46.3 Å². The minimum absolute atomic E-state index is 0.170. The molecule has 5 heteroatoms. The molecule has 1 aromatic heterocycles. The molecule has 2 aromatic carbocycles. The van der Waals surface area contributed by atoms with Crippen LogP contribution < -0.4 is 5.73 Å². The summed E-state index contributed by atoms with van der Waals surface area (Å²) in [6.45, 7) is 0. The minimum Gasteiger partial charge on any atom is -0.322 e. The number of aromatic nitrogens is 3. The summed E-state index contributed by atoms with van der Waals surface area (Å²) < 4.78 is 1.06. The van der Waals surface area contributed by atoms with Crippen molar-refractivity contribution >= 4 is 15.9 Å². The number of hydrogen-bond donors (Lipinski definition) is 1. The van der Waals surface area contributed by atoms with Crippen molar-refractivity contribution in [3.63, 3.8) is 0 Å². The number of benzene rings is 2. The van der Waals surface area contributed by atoms with Gasteiger partial charge in [0.05, 0.1) is 17.9 Å². The van der Waals surface area contributed by atoms with E-state index in [0.29, 0.717) is 0 Å². The van der Waals surface area contributed by atoms with Crippen LogP contribution in [0.5, 0.6) is 0 Å². The van der Waals surface area contributed by atoms with E-state index in [-0.39, 0.29) is 6.04 Å². The lowest BCUT2D eigenvalue weighted by molar-refractivity contribution is 0.666. The third-order valence-electron chi connectivity index (χ3n) is 3.22. The average Bonchev–Trinajstić information content (AvgIpc) is 2.98. The summed E-state index contributed by atoms with van der Waals surface area (Å²) in [6, 6.07) is 17.8. The van der Waals surface area contributed by atoms with Crippen molar-refractivity contribution in [2.24, 2.45) is 5.73 Å². The number of rotatable bonds is 4. The van der Waals surface area contributed by atoms with Gasteiger partial charge in [0, 0.05) is 4.47 Å². The molecule has 0 aliphatic carbocycles. The molecule has 0 spiro atoms. The lowest BCUT2D eigenvalue weighted by Gasteiger charge is -2.08. The van der Waals surface area contributed by atoms with Crippen LogP contribution >= 0.6 is 15.9 Å². The van der Waals surface area contributed by atoms with Crippen LogP contribution in [0.15, 0.2) is 65.3 Å². The number of nitrogens with two attached hydrogens (primary N) is 1. The highest BCUT2D eigenvalue weighted by Gasteiger charge is 2.12. The summed E-state index contributed by atoms with van der Waals surface area (Å²) in [5.41, 5.74) is 9.13. The van der Waals surface area contributed by atoms with Crippen LogP contribution in [0, 0.1) is 0 Å². The average molecular weight is 343 g/mol. The summed E-state index contributed by atoms with van der Waals surface area (Å²) in [5.74, 6) is 0. The Morgan fingerprint density at radius 1 is 1.10 bits per heavy atom. The molecule has 1 unspecified atom stereocenters. The molecule has 1 atom stereocenters. The molecule has 1 heterocycles. The third kappa shape index (κ3) is 3.37. The van der Waals surface area contributed by atoms with Crippen LogP contribution in [-0.2, 0) is 6.42 Å².